The predicted molar refractivity (Wildman–Crippen MR) is 513 cm³/mol. The van der Waals surface area contributed by atoms with Gasteiger partial charge in [0.2, 0.25) is 0 Å². The third-order valence-electron chi connectivity index (χ3n) is 37.2. The molecule has 0 amide bonds. The van der Waals surface area contributed by atoms with Crippen molar-refractivity contribution < 1.29 is 40.0 Å². The minimum absolute atomic E-state index is 0. The van der Waals surface area contributed by atoms with Crippen LogP contribution in [0, 0.1) is 159 Å². The van der Waals surface area contributed by atoms with E-state index in [4.69, 9.17) is 25.7 Å². The summed E-state index contributed by atoms with van der Waals surface area (Å²) in [5, 5.41) is 2.77. The van der Waals surface area contributed by atoms with Crippen molar-refractivity contribution >= 4 is 18.7 Å². The molecular weight excluding hydrogens is 1670 g/mol. The van der Waals surface area contributed by atoms with Crippen LogP contribution in [0.3, 0.4) is 0 Å². The van der Waals surface area contributed by atoms with Gasteiger partial charge in [0, 0.05) is 40.7 Å². The molecule has 11 unspecified atom stereocenters. The number of nitrogens with two attached hydrogens (primary N) is 1. The Kier molecular flexibility index (Phi) is 39.0. The molecule has 0 heterocycles. The summed E-state index contributed by atoms with van der Waals surface area (Å²) in [5.41, 5.74) is 21.4. The topological polar surface area (TPSA) is 84.0 Å². The number of rotatable bonds is 29. The number of nitrogens with one attached hydrogen (secondary N) is 1. The quantitative estimate of drug-likeness (QED) is 0.0496. The third kappa shape index (κ3) is 23.4. The average molecular weight is 1860 g/mol. The van der Waals surface area contributed by atoms with E-state index in [1.165, 1.54) is 229 Å². The van der Waals surface area contributed by atoms with Gasteiger partial charge in [-0.2, -0.15) is 12.0 Å². The standard InChI is InChI=1S/C42H61NOP.C31H55NO.C29H51NO.C7H13N.CH4.FH.Pt/c1-31(2)14-13-15-32(3)38-22-23-39-37-21-20-33-30-34(24-26-41(33,4)40(37)25-27-42(38,39)5)44-29-28-43(6)45(35-16-9-7-10-17-35)36-18-11-8-12-19-36;1-22(2)9-8-10-23(3)27-13-14-28-26-12-11-24-21-25(33-20-19-32(6)7)15-17-30(24,4)29(26)16-18-31(27,28)5;1-20(2)7-6-8-21(3)25-11-12-26-24-10-9-22-19-23(31-18-17-30)13-15-28(22,4)27(24)14-16-29(25,26)5;1-6-4-2-3-5-7(6)8;;;/h7-12,16-20,31-32,34,37-40H,6,13-15,21-30H2,1-5H3;11,22-23,25-29H,8-10,12-21H2,1-7H3;9,20-21,23-27H,6-8,10-19,30H2,1-5H3;6-8H,1-5H2;1H4;1H;/q-1;;;-2;;;/p+1/t32-,34+,37?,38-,39?,40?,41+,42-;23-,25+,26?,27-,28?,29?,30+,31-;21-,23+,24?,25-,26?,27?,28+,29-;;;;/m111..../s1. The number of allylic oxidation sites excluding steroid dienone is 3. The van der Waals surface area contributed by atoms with E-state index in [1.54, 1.807) is 16.7 Å². The fourth-order valence-corrected chi connectivity index (χ4v) is 32.8. The maximum Gasteiger partial charge on any atom is 0.112 e. The number of halogens is 1. The zero-order chi connectivity index (χ0) is 83.6. The van der Waals surface area contributed by atoms with Gasteiger partial charge >= 0.3 is 0 Å². The molecule has 120 heavy (non-hydrogen) atoms. The Hall–Kier alpha value is -1.57. The molecular formula is C110H186FN4O3PPt-2. The van der Waals surface area contributed by atoms with Gasteiger partial charge in [-0.25, -0.2) is 7.05 Å². The summed E-state index contributed by atoms with van der Waals surface area (Å²) in [6, 6.07) is 22.0. The maximum absolute atomic E-state index is 7.42. The van der Waals surface area contributed by atoms with Gasteiger partial charge in [0.05, 0.1) is 38.1 Å². The molecule has 26 atom stereocenters. The molecule has 0 spiro atoms. The maximum atomic E-state index is 7.42. The summed E-state index contributed by atoms with van der Waals surface area (Å²) in [5.74, 6) is 16.9. The smallest absolute Gasteiger partial charge is 0.112 e. The first kappa shape index (κ1) is 102. The van der Waals surface area contributed by atoms with Gasteiger partial charge in [-0.05, 0) is 331 Å². The van der Waals surface area contributed by atoms with Crippen LogP contribution in [0.1, 0.15) is 349 Å². The largest absolute Gasteiger partial charge is 0.677 e. The summed E-state index contributed by atoms with van der Waals surface area (Å²) < 4.78 is 21.4. The number of hydrogen-bond donors (Lipinski definition) is 1. The molecule has 10 fully saturated rings. The second kappa shape index (κ2) is 45.8. The van der Waals surface area contributed by atoms with Crippen LogP contribution in [-0.2, 0) is 35.3 Å². The van der Waals surface area contributed by atoms with Crippen LogP contribution in [0.4, 0.5) is 4.70 Å². The molecule has 2 aromatic rings. The monoisotopic (exact) mass is 1860 g/mol. The Morgan fingerprint density at radius 3 is 1.08 bits per heavy atom. The Labute approximate surface area is 755 Å². The number of likely N-dealkylation sites (N-methyl/N-ethyl adjacent to an activating group) is 1. The summed E-state index contributed by atoms with van der Waals surface area (Å²) in [6.07, 6.45) is 60.0. The normalized spacial score (nSPS) is 37.8. The van der Waals surface area contributed by atoms with Gasteiger partial charge < -0.3 is 42.2 Å². The molecule has 13 aliphatic rings. The van der Waals surface area contributed by atoms with Crippen molar-refractivity contribution in [3.05, 3.63) is 115 Å². The molecule has 13 aliphatic carbocycles. The Bertz CT molecular complexity index is 3390. The fraction of sp³-hybridized carbons (Fsp3) is 0.818. The first-order valence-electron chi connectivity index (χ1n) is 50.3. The summed E-state index contributed by atoms with van der Waals surface area (Å²) >= 11 is 0. The number of fused-ring (bicyclic) bond motifs is 15. The summed E-state index contributed by atoms with van der Waals surface area (Å²) in [6.45, 7) is 47.0. The zero-order valence-electron chi connectivity index (χ0n) is 79.5. The van der Waals surface area contributed by atoms with E-state index < -0.39 is 8.07 Å². The van der Waals surface area contributed by atoms with E-state index in [0.29, 0.717) is 63.3 Å². The molecule has 0 radical (unpaired) electrons. The average Bonchev–Trinajstić information content (AvgIpc) is 1.39. The van der Waals surface area contributed by atoms with E-state index in [9.17, 15) is 0 Å². The number of benzene rings is 2. The van der Waals surface area contributed by atoms with Crippen LogP contribution < -0.4 is 16.3 Å². The Morgan fingerprint density at radius 2 is 0.775 bits per heavy atom. The molecule has 3 N–H and O–H groups in total. The molecule has 7 nitrogen and oxygen atoms in total. The molecule has 10 heteroatoms. The molecule has 2 aromatic carbocycles. The Balaban J connectivity index is 0.000000196. The summed E-state index contributed by atoms with van der Waals surface area (Å²) in [7, 11) is 7.71. The van der Waals surface area contributed by atoms with Crippen LogP contribution in [0.25, 0.3) is 5.73 Å². The first-order chi connectivity index (χ1) is 55.9. The number of nitrogens with zero attached hydrogens (tertiary/aromatic N) is 2. The minimum atomic E-state index is -1.12. The van der Waals surface area contributed by atoms with Gasteiger partial charge in [-0.1, -0.05) is 266 Å². The molecule has 0 saturated heterocycles. The van der Waals surface area contributed by atoms with Crippen LogP contribution in [0.15, 0.2) is 95.6 Å². The molecule has 0 aliphatic heterocycles. The third-order valence-corrected chi connectivity index (χ3v) is 39.8. The first-order valence-corrected chi connectivity index (χ1v) is 51.8. The van der Waals surface area contributed by atoms with Crippen molar-refractivity contribution in [1.82, 2.24) is 9.57 Å². The summed E-state index contributed by atoms with van der Waals surface area (Å²) in [4.78, 5) is 2.23. The van der Waals surface area contributed by atoms with Crippen LogP contribution in [-0.4, -0.2) is 87.5 Å². The van der Waals surface area contributed by atoms with Crippen LogP contribution >= 0.6 is 8.07 Å². The van der Waals surface area contributed by atoms with Crippen molar-refractivity contribution in [2.75, 3.05) is 53.6 Å². The molecule has 688 valence electrons. The predicted octanol–water partition coefficient (Wildman–Crippen LogP) is 28.9. The van der Waals surface area contributed by atoms with Crippen LogP contribution in [0.2, 0.25) is 0 Å². The van der Waals surface area contributed by atoms with E-state index in [0.717, 1.165) is 159 Å². The number of ether oxygens (including phenoxy) is 3. The van der Waals surface area contributed by atoms with Crippen molar-refractivity contribution in [3.8, 4) is 0 Å². The van der Waals surface area contributed by atoms with Crippen LogP contribution in [0.5, 0.6) is 0 Å². The van der Waals surface area contributed by atoms with E-state index in [1.807, 2.05) is 0 Å². The van der Waals surface area contributed by atoms with E-state index in [2.05, 4.69) is 220 Å². The number of hydrogen-bond acceptors (Lipinski definition) is 6. The SMILES string of the molecule is C.CC(C)CCC[C@@H](C)[C@H]1CCC2C3CC=C4C[C@@H](OCCN(C)C)CC[C@]4(C)C3CC[C@@]21C.CC(C)CCC[C@@H](C)[C@H]1CCC2C3CC=C4C[C@@H](OCCN)CC[C@]4(C)C3CC[C@@]21C.F.[CH2-]C1CCCCC1[NH-].[CH2-]N(CCO[C@H]1CC[C@@]2(C)C(=CCC3C2CC[C@@]2(C)C3CC[C@@H]2[C@H](C)CCCC(C)C)C1)[PH+](c1ccccc1)c1ccccc1.[Pt]. The minimum Gasteiger partial charge on any atom is -0.677 e. The van der Waals surface area contributed by atoms with Crippen molar-refractivity contribution in [2.24, 2.45) is 151 Å². The van der Waals surface area contributed by atoms with Gasteiger partial charge in [-0.3, -0.25) is 4.70 Å². The van der Waals surface area contributed by atoms with Gasteiger partial charge in [0.1, 0.15) is 18.7 Å². The molecule has 0 aromatic heterocycles. The second-order valence-electron chi connectivity index (χ2n) is 45.7. The second-order valence-corrected chi connectivity index (χ2v) is 48.1. The Morgan fingerprint density at radius 1 is 0.442 bits per heavy atom. The zero-order valence-corrected chi connectivity index (χ0v) is 82.8. The molecule has 0 bridgehead atoms. The van der Waals surface area contributed by atoms with E-state index in [-0.39, 0.29) is 39.2 Å². The van der Waals surface area contributed by atoms with Gasteiger partial charge in [0.25, 0.3) is 0 Å². The van der Waals surface area contributed by atoms with Crippen molar-refractivity contribution in [2.45, 2.75) is 373 Å². The molecule has 15 rings (SSSR count). The van der Waals surface area contributed by atoms with Crippen molar-refractivity contribution in [3.63, 3.8) is 0 Å². The molecule has 10 saturated carbocycles. The van der Waals surface area contributed by atoms with Gasteiger partial charge in [0.15, 0.2) is 0 Å². The van der Waals surface area contributed by atoms with E-state index >= 15 is 0 Å². The van der Waals surface area contributed by atoms with Crippen molar-refractivity contribution in [1.29, 1.82) is 0 Å². The fourth-order valence-electron chi connectivity index (χ4n) is 30.4. The van der Waals surface area contributed by atoms with Gasteiger partial charge in [-0.15, -0.1) is 0 Å².